The van der Waals surface area contributed by atoms with Gasteiger partial charge in [0.05, 0.1) is 11.4 Å². The first-order valence-corrected chi connectivity index (χ1v) is 13.7. The SMILES string of the molecule is CC1(C)C[C@@](C)(c2ccccc2)c2cccc3c2N1C(=O)[C@]31SCC(=O)N1c1ccc2c(c1)OCCO2. The standard InChI is InChI=1S/C30H28N2O4S/c1-28(2)18-29(3,19-8-5-4-6-9-19)21-10-7-11-22-26(21)32(28)27(34)30(22)31(25(33)17-37-30)20-12-13-23-24(16-20)36-15-14-35-23/h4-13,16H,14-15,17-18H2,1-3H3/t29-,30+/m0/s1. The Morgan fingerprint density at radius 2 is 1.54 bits per heavy atom. The molecule has 37 heavy (non-hydrogen) atoms. The Balaban J connectivity index is 1.46. The highest BCUT2D eigenvalue weighted by molar-refractivity contribution is 8.02. The number of thioether (sulfide) groups is 1. The number of amides is 2. The van der Waals surface area contributed by atoms with E-state index in [4.69, 9.17) is 9.47 Å². The summed E-state index contributed by atoms with van der Waals surface area (Å²) in [5.41, 5.74) is 4.09. The van der Waals surface area contributed by atoms with Gasteiger partial charge in [0.25, 0.3) is 5.91 Å². The normalized spacial score (nSPS) is 27.1. The first-order valence-electron chi connectivity index (χ1n) is 12.7. The number of anilines is 2. The molecule has 0 N–H and O–H groups in total. The number of hydrogen-bond acceptors (Lipinski definition) is 5. The summed E-state index contributed by atoms with van der Waals surface area (Å²) in [6.45, 7) is 7.50. The molecule has 1 saturated heterocycles. The largest absolute Gasteiger partial charge is 0.486 e. The van der Waals surface area contributed by atoms with E-state index in [-0.39, 0.29) is 23.0 Å². The predicted octanol–water partition coefficient (Wildman–Crippen LogP) is 5.23. The first kappa shape index (κ1) is 22.7. The van der Waals surface area contributed by atoms with Crippen LogP contribution in [-0.2, 0) is 19.9 Å². The van der Waals surface area contributed by atoms with Gasteiger partial charge < -0.3 is 14.4 Å². The molecule has 4 aliphatic rings. The van der Waals surface area contributed by atoms with Crippen LogP contribution in [0.5, 0.6) is 11.5 Å². The highest BCUT2D eigenvalue weighted by Crippen LogP contribution is 2.63. The van der Waals surface area contributed by atoms with Gasteiger partial charge in [-0.25, -0.2) is 0 Å². The second kappa shape index (κ2) is 7.54. The molecule has 4 aliphatic heterocycles. The molecule has 3 aromatic carbocycles. The summed E-state index contributed by atoms with van der Waals surface area (Å²) in [6, 6.07) is 22.3. The minimum atomic E-state index is -1.16. The zero-order valence-corrected chi connectivity index (χ0v) is 21.9. The summed E-state index contributed by atoms with van der Waals surface area (Å²) in [4.78, 5) is 30.7. The molecule has 7 heteroatoms. The summed E-state index contributed by atoms with van der Waals surface area (Å²) in [5, 5.41) is 0. The Morgan fingerprint density at radius 3 is 2.32 bits per heavy atom. The van der Waals surface area contributed by atoms with E-state index < -0.39 is 10.4 Å². The van der Waals surface area contributed by atoms with Gasteiger partial charge in [-0.1, -0.05) is 55.5 Å². The Labute approximate surface area is 220 Å². The molecular weight excluding hydrogens is 484 g/mol. The Morgan fingerprint density at radius 1 is 0.811 bits per heavy atom. The smallest absolute Gasteiger partial charge is 0.269 e. The van der Waals surface area contributed by atoms with Crippen LogP contribution in [0.15, 0.2) is 66.7 Å². The van der Waals surface area contributed by atoms with Gasteiger partial charge in [-0.3, -0.25) is 14.5 Å². The fourth-order valence-corrected chi connectivity index (χ4v) is 8.21. The molecule has 4 heterocycles. The molecule has 0 saturated carbocycles. The molecular formula is C30H28N2O4S. The van der Waals surface area contributed by atoms with Gasteiger partial charge in [-0.05, 0) is 43.5 Å². The minimum Gasteiger partial charge on any atom is -0.486 e. The van der Waals surface area contributed by atoms with E-state index in [1.54, 1.807) is 4.90 Å². The lowest BCUT2D eigenvalue weighted by Gasteiger charge is -2.50. The average molecular weight is 513 g/mol. The number of ether oxygens (including phenoxy) is 2. The van der Waals surface area contributed by atoms with Crippen LogP contribution in [0.1, 0.15) is 43.9 Å². The van der Waals surface area contributed by atoms with Gasteiger partial charge in [-0.15, -0.1) is 11.8 Å². The lowest BCUT2D eigenvalue weighted by molar-refractivity contribution is -0.124. The molecule has 3 aromatic rings. The summed E-state index contributed by atoms with van der Waals surface area (Å²) in [5.74, 6) is 1.34. The molecule has 0 aromatic heterocycles. The van der Waals surface area contributed by atoms with Crippen molar-refractivity contribution in [2.75, 3.05) is 28.8 Å². The van der Waals surface area contributed by atoms with Crippen LogP contribution < -0.4 is 19.3 Å². The summed E-state index contributed by atoms with van der Waals surface area (Å²) < 4.78 is 11.5. The van der Waals surface area contributed by atoms with Crippen molar-refractivity contribution >= 4 is 35.0 Å². The van der Waals surface area contributed by atoms with Gasteiger partial charge in [0, 0.05) is 28.3 Å². The van der Waals surface area contributed by atoms with Gasteiger partial charge >= 0.3 is 0 Å². The van der Waals surface area contributed by atoms with E-state index in [0.717, 1.165) is 23.2 Å². The van der Waals surface area contributed by atoms with Crippen LogP contribution >= 0.6 is 11.8 Å². The number of rotatable bonds is 2. The number of nitrogens with zero attached hydrogens (tertiary/aromatic N) is 2. The molecule has 0 bridgehead atoms. The molecule has 188 valence electrons. The average Bonchev–Trinajstić information content (AvgIpc) is 3.38. The van der Waals surface area contributed by atoms with Gasteiger partial charge in [0.2, 0.25) is 10.8 Å². The fraction of sp³-hybridized carbons (Fsp3) is 0.333. The highest BCUT2D eigenvalue weighted by Gasteiger charge is 2.66. The molecule has 1 fully saturated rings. The van der Waals surface area contributed by atoms with Crippen molar-refractivity contribution in [3.05, 3.63) is 83.4 Å². The van der Waals surface area contributed by atoms with Crippen LogP contribution in [0, 0.1) is 0 Å². The molecule has 1 spiro atoms. The van der Waals surface area contributed by atoms with Crippen LogP contribution in [0.3, 0.4) is 0 Å². The summed E-state index contributed by atoms with van der Waals surface area (Å²) in [6.07, 6.45) is 0.769. The van der Waals surface area contributed by atoms with Crippen molar-refractivity contribution in [2.24, 2.45) is 0 Å². The second-order valence-corrected chi connectivity index (χ2v) is 12.2. The van der Waals surface area contributed by atoms with Crippen molar-refractivity contribution in [3.8, 4) is 11.5 Å². The molecule has 2 atom stereocenters. The number of benzene rings is 3. The molecule has 0 unspecified atom stereocenters. The second-order valence-electron chi connectivity index (χ2n) is 11.0. The van der Waals surface area contributed by atoms with Gasteiger partial charge in [0.15, 0.2) is 11.5 Å². The Hall–Kier alpha value is -3.45. The molecule has 0 radical (unpaired) electrons. The summed E-state index contributed by atoms with van der Waals surface area (Å²) >= 11 is 1.42. The molecule has 7 rings (SSSR count). The van der Waals surface area contributed by atoms with Crippen molar-refractivity contribution in [1.82, 2.24) is 0 Å². The number of para-hydroxylation sites is 1. The number of hydrogen-bond donors (Lipinski definition) is 0. The maximum absolute atomic E-state index is 14.6. The first-order chi connectivity index (χ1) is 17.8. The Bertz CT molecular complexity index is 1470. The quantitative estimate of drug-likeness (QED) is 0.471. The predicted molar refractivity (Wildman–Crippen MR) is 145 cm³/mol. The van der Waals surface area contributed by atoms with Crippen molar-refractivity contribution in [3.63, 3.8) is 0 Å². The van der Waals surface area contributed by atoms with Gasteiger partial charge in [-0.2, -0.15) is 0 Å². The van der Waals surface area contributed by atoms with Crippen LogP contribution in [0.25, 0.3) is 0 Å². The third kappa shape index (κ3) is 2.89. The Kier molecular flexibility index (Phi) is 4.63. The van der Waals surface area contributed by atoms with E-state index in [9.17, 15) is 9.59 Å². The van der Waals surface area contributed by atoms with Crippen LogP contribution in [0.4, 0.5) is 11.4 Å². The topological polar surface area (TPSA) is 59.1 Å². The molecule has 6 nitrogen and oxygen atoms in total. The van der Waals surface area contributed by atoms with Crippen LogP contribution in [-0.4, -0.2) is 36.3 Å². The number of fused-ring (bicyclic) bond motifs is 2. The van der Waals surface area contributed by atoms with E-state index in [2.05, 4.69) is 51.1 Å². The van der Waals surface area contributed by atoms with E-state index in [1.165, 1.54) is 17.3 Å². The van der Waals surface area contributed by atoms with Gasteiger partial charge in [0.1, 0.15) is 13.2 Å². The number of carbonyl (C=O) groups excluding carboxylic acids is 2. The monoisotopic (exact) mass is 512 g/mol. The maximum Gasteiger partial charge on any atom is 0.269 e. The van der Waals surface area contributed by atoms with Crippen molar-refractivity contribution in [1.29, 1.82) is 0 Å². The fourth-order valence-electron chi connectivity index (χ4n) is 6.88. The zero-order chi connectivity index (χ0) is 25.6. The van der Waals surface area contributed by atoms with E-state index in [0.29, 0.717) is 30.4 Å². The summed E-state index contributed by atoms with van der Waals surface area (Å²) in [7, 11) is 0. The molecule has 0 aliphatic carbocycles. The zero-order valence-electron chi connectivity index (χ0n) is 21.1. The maximum atomic E-state index is 14.6. The lowest BCUT2D eigenvalue weighted by Crippen LogP contribution is -2.58. The van der Waals surface area contributed by atoms with E-state index in [1.807, 2.05) is 41.3 Å². The third-order valence-electron chi connectivity index (χ3n) is 8.27. The van der Waals surface area contributed by atoms with Crippen molar-refractivity contribution in [2.45, 2.75) is 43.0 Å². The van der Waals surface area contributed by atoms with E-state index >= 15 is 0 Å². The molecule has 2 amide bonds. The van der Waals surface area contributed by atoms with Crippen molar-refractivity contribution < 1.29 is 19.1 Å². The highest BCUT2D eigenvalue weighted by atomic mass is 32.2. The van der Waals surface area contributed by atoms with Crippen LogP contribution in [0.2, 0.25) is 0 Å². The minimum absolute atomic E-state index is 0.0548. The lowest BCUT2D eigenvalue weighted by atomic mass is 9.65. The third-order valence-corrected chi connectivity index (χ3v) is 9.65. The number of carbonyl (C=O) groups is 2.